The van der Waals surface area contributed by atoms with E-state index in [0.29, 0.717) is 19.3 Å². The lowest BCUT2D eigenvalue weighted by atomic mass is 10.0. The van der Waals surface area contributed by atoms with Gasteiger partial charge in [-0.3, -0.25) is 14.4 Å². The number of carbonyl (C=O) groups is 3. The zero-order valence-electron chi connectivity index (χ0n) is 45.5. The molecule has 0 saturated heterocycles. The molecule has 0 aliphatic heterocycles. The lowest BCUT2D eigenvalue weighted by Crippen LogP contribution is -2.30. The van der Waals surface area contributed by atoms with Gasteiger partial charge in [-0.2, -0.15) is 0 Å². The summed E-state index contributed by atoms with van der Waals surface area (Å²) in [6.07, 6.45) is 64.9. The van der Waals surface area contributed by atoms with Crippen LogP contribution in [0.1, 0.15) is 342 Å². The molecule has 0 unspecified atom stereocenters. The predicted octanol–water partition coefficient (Wildman–Crippen LogP) is 20.1. The number of allylic oxidation sites excluding steroid dienone is 2. The normalized spacial score (nSPS) is 12.0. The number of carbonyl (C=O) groups excluding carboxylic acids is 3. The fraction of sp³-hybridized carbons (Fsp3) is 0.918. The lowest BCUT2D eigenvalue weighted by molar-refractivity contribution is -0.167. The summed E-state index contributed by atoms with van der Waals surface area (Å²) in [7, 11) is 0. The molecule has 396 valence electrons. The second-order valence-corrected chi connectivity index (χ2v) is 20.6. The van der Waals surface area contributed by atoms with Crippen LogP contribution in [0.25, 0.3) is 0 Å². The highest BCUT2D eigenvalue weighted by Crippen LogP contribution is 2.17. The fourth-order valence-electron chi connectivity index (χ4n) is 9.21. The van der Waals surface area contributed by atoms with Gasteiger partial charge in [0.15, 0.2) is 6.10 Å². The highest BCUT2D eigenvalue weighted by molar-refractivity contribution is 5.71. The van der Waals surface area contributed by atoms with Crippen LogP contribution >= 0.6 is 0 Å². The van der Waals surface area contributed by atoms with Crippen LogP contribution in [-0.4, -0.2) is 37.2 Å². The summed E-state index contributed by atoms with van der Waals surface area (Å²) >= 11 is 0. The van der Waals surface area contributed by atoms with Crippen molar-refractivity contribution in [3.8, 4) is 0 Å². The Balaban J connectivity index is 4.25. The molecule has 0 aromatic heterocycles. The van der Waals surface area contributed by atoms with Gasteiger partial charge in [0, 0.05) is 19.3 Å². The second-order valence-electron chi connectivity index (χ2n) is 20.6. The van der Waals surface area contributed by atoms with Crippen LogP contribution in [0, 0.1) is 0 Å². The van der Waals surface area contributed by atoms with Crippen molar-refractivity contribution in [2.24, 2.45) is 0 Å². The summed E-state index contributed by atoms with van der Waals surface area (Å²) in [5.41, 5.74) is 0. The van der Waals surface area contributed by atoms with E-state index in [1.54, 1.807) is 0 Å². The molecule has 0 N–H and O–H groups in total. The van der Waals surface area contributed by atoms with Crippen LogP contribution < -0.4 is 0 Å². The average Bonchev–Trinajstić information content (AvgIpc) is 3.33. The van der Waals surface area contributed by atoms with Gasteiger partial charge >= 0.3 is 17.9 Å². The van der Waals surface area contributed by atoms with Gasteiger partial charge in [0.2, 0.25) is 0 Å². The van der Waals surface area contributed by atoms with Gasteiger partial charge in [0.05, 0.1) is 0 Å². The maximum Gasteiger partial charge on any atom is 0.306 e. The Kier molecular flexibility index (Phi) is 55.2. The molecule has 0 fully saturated rings. The van der Waals surface area contributed by atoms with Gasteiger partial charge in [-0.15, -0.1) is 0 Å². The lowest BCUT2D eigenvalue weighted by Gasteiger charge is -2.18. The first-order valence-corrected chi connectivity index (χ1v) is 30.2. The minimum Gasteiger partial charge on any atom is -0.462 e. The number of hydrogen-bond donors (Lipinski definition) is 0. The Morgan fingerprint density at radius 2 is 0.493 bits per heavy atom. The van der Waals surface area contributed by atoms with Crippen LogP contribution in [0.2, 0.25) is 0 Å². The van der Waals surface area contributed by atoms with E-state index in [2.05, 4.69) is 32.9 Å². The van der Waals surface area contributed by atoms with Crippen molar-refractivity contribution in [2.75, 3.05) is 13.2 Å². The third kappa shape index (κ3) is 55.0. The summed E-state index contributed by atoms with van der Waals surface area (Å²) in [5.74, 6) is -0.838. The van der Waals surface area contributed by atoms with Crippen molar-refractivity contribution in [2.45, 2.75) is 348 Å². The van der Waals surface area contributed by atoms with Crippen LogP contribution in [0.15, 0.2) is 12.2 Å². The smallest absolute Gasteiger partial charge is 0.306 e. The first-order chi connectivity index (χ1) is 33.0. The van der Waals surface area contributed by atoms with Gasteiger partial charge in [-0.25, -0.2) is 0 Å². The Bertz CT molecular complexity index is 1040. The average molecular weight is 946 g/mol. The molecular weight excluding hydrogens is 829 g/mol. The molecule has 0 heterocycles. The predicted molar refractivity (Wildman–Crippen MR) is 289 cm³/mol. The molecule has 1 atom stereocenters. The fourth-order valence-corrected chi connectivity index (χ4v) is 9.21. The van der Waals surface area contributed by atoms with Crippen molar-refractivity contribution < 1.29 is 28.6 Å². The van der Waals surface area contributed by atoms with Crippen LogP contribution in [0.3, 0.4) is 0 Å². The maximum atomic E-state index is 12.8. The molecule has 0 aliphatic carbocycles. The van der Waals surface area contributed by atoms with E-state index in [0.717, 1.165) is 57.8 Å². The molecule has 6 heteroatoms. The van der Waals surface area contributed by atoms with Crippen LogP contribution in [0.5, 0.6) is 0 Å². The van der Waals surface area contributed by atoms with Crippen molar-refractivity contribution in [3.63, 3.8) is 0 Å². The number of rotatable bonds is 56. The Morgan fingerprint density at radius 1 is 0.284 bits per heavy atom. The molecule has 0 bridgehead atoms. The minimum atomic E-state index is -0.764. The first-order valence-electron chi connectivity index (χ1n) is 30.2. The van der Waals surface area contributed by atoms with E-state index in [1.807, 2.05) is 0 Å². The Hall–Kier alpha value is -1.85. The van der Waals surface area contributed by atoms with E-state index >= 15 is 0 Å². The molecule has 0 radical (unpaired) electrons. The third-order valence-electron chi connectivity index (χ3n) is 13.8. The molecule has 0 aromatic rings. The molecule has 0 amide bonds. The Labute approximate surface area is 418 Å². The van der Waals surface area contributed by atoms with Crippen molar-refractivity contribution in [1.29, 1.82) is 0 Å². The molecular formula is C61H116O6. The number of unbranched alkanes of at least 4 members (excludes halogenated alkanes) is 43. The zero-order valence-corrected chi connectivity index (χ0v) is 45.5. The summed E-state index contributed by atoms with van der Waals surface area (Å²) in [6.45, 7) is 6.70. The topological polar surface area (TPSA) is 78.9 Å². The third-order valence-corrected chi connectivity index (χ3v) is 13.8. The molecule has 67 heavy (non-hydrogen) atoms. The standard InChI is InChI=1S/C61H116O6/c1-4-7-10-13-16-19-22-25-27-28-29-30-31-32-34-37-39-42-45-48-51-54-60(63)66-57-58(67-61(64)55-52-49-46-43-40-35-24-21-18-15-12-9-6-3)56-65-59(62)53-50-47-44-41-38-36-33-26-23-20-17-14-11-8-5-2/h25,27,58H,4-24,26,28-57H2,1-3H3/b27-25-/t58-/m0/s1. The molecule has 0 saturated carbocycles. The molecule has 0 rings (SSSR count). The number of hydrogen-bond acceptors (Lipinski definition) is 6. The quantitative estimate of drug-likeness (QED) is 0.0262. The van der Waals surface area contributed by atoms with Gasteiger partial charge in [-0.1, -0.05) is 290 Å². The number of esters is 3. The Morgan fingerprint density at radius 3 is 0.746 bits per heavy atom. The van der Waals surface area contributed by atoms with Crippen molar-refractivity contribution in [1.82, 2.24) is 0 Å². The van der Waals surface area contributed by atoms with E-state index in [4.69, 9.17) is 14.2 Å². The monoisotopic (exact) mass is 945 g/mol. The maximum absolute atomic E-state index is 12.8. The second kappa shape index (κ2) is 56.7. The summed E-state index contributed by atoms with van der Waals surface area (Å²) in [5, 5.41) is 0. The summed E-state index contributed by atoms with van der Waals surface area (Å²) < 4.78 is 16.9. The molecule has 6 nitrogen and oxygen atoms in total. The highest BCUT2D eigenvalue weighted by atomic mass is 16.6. The van der Waals surface area contributed by atoms with Crippen molar-refractivity contribution >= 4 is 17.9 Å². The SMILES string of the molecule is CCCCCCCC/C=C\CCCCCCCCCCCCCC(=O)OC[C@H](COC(=O)CCCCCCCCCCCCCCCCC)OC(=O)CCCCCCCCCCCCCCC. The van der Waals surface area contributed by atoms with Gasteiger partial charge in [0.1, 0.15) is 13.2 Å². The van der Waals surface area contributed by atoms with E-state index in [1.165, 1.54) is 244 Å². The largest absolute Gasteiger partial charge is 0.462 e. The van der Waals surface area contributed by atoms with Crippen molar-refractivity contribution in [3.05, 3.63) is 12.2 Å². The first kappa shape index (κ1) is 65.1. The van der Waals surface area contributed by atoms with Gasteiger partial charge < -0.3 is 14.2 Å². The number of ether oxygens (including phenoxy) is 3. The highest BCUT2D eigenvalue weighted by Gasteiger charge is 2.19. The summed E-state index contributed by atoms with van der Waals surface area (Å²) in [6, 6.07) is 0. The minimum absolute atomic E-state index is 0.0636. The van der Waals surface area contributed by atoms with Crippen LogP contribution in [0.4, 0.5) is 0 Å². The van der Waals surface area contributed by atoms with E-state index in [-0.39, 0.29) is 31.1 Å². The van der Waals surface area contributed by atoms with Crippen LogP contribution in [-0.2, 0) is 28.6 Å². The molecule has 0 spiro atoms. The zero-order chi connectivity index (χ0) is 48.6. The van der Waals surface area contributed by atoms with Gasteiger partial charge in [0.25, 0.3) is 0 Å². The molecule has 0 aliphatic rings. The summed E-state index contributed by atoms with van der Waals surface area (Å²) in [4.78, 5) is 38.2. The van der Waals surface area contributed by atoms with E-state index < -0.39 is 6.10 Å². The molecule has 0 aromatic carbocycles. The van der Waals surface area contributed by atoms with Gasteiger partial charge in [-0.05, 0) is 44.9 Å². The van der Waals surface area contributed by atoms with E-state index in [9.17, 15) is 14.4 Å².